The van der Waals surface area contributed by atoms with Crippen LogP contribution >= 0.6 is 11.6 Å². The first-order chi connectivity index (χ1) is 13.3. The van der Waals surface area contributed by atoms with Crippen molar-refractivity contribution in [2.45, 2.75) is 44.1 Å². The summed E-state index contributed by atoms with van der Waals surface area (Å²) in [6.45, 7) is 1.52. The lowest BCUT2D eigenvalue weighted by atomic mass is 9.92. The summed E-state index contributed by atoms with van der Waals surface area (Å²) in [5, 5.41) is 30.9. The summed E-state index contributed by atoms with van der Waals surface area (Å²) < 4.78 is 10.7. The Kier molecular flexibility index (Phi) is 6.50. The molecular weight excluding hydrogens is 384 g/mol. The van der Waals surface area contributed by atoms with Crippen LogP contribution in [0.25, 0.3) is 0 Å². The lowest BCUT2D eigenvalue weighted by Gasteiger charge is -2.40. The maximum atomic E-state index is 11.4. The zero-order valence-corrected chi connectivity index (χ0v) is 16.3. The van der Waals surface area contributed by atoms with E-state index in [-0.39, 0.29) is 5.78 Å². The summed E-state index contributed by atoms with van der Waals surface area (Å²) in [5.74, 6) is 0.00320. The maximum Gasteiger partial charge on any atom is 0.186 e. The molecule has 150 valence electrons. The highest BCUT2D eigenvalue weighted by Gasteiger charge is 2.44. The Hall–Kier alpha value is -1.80. The van der Waals surface area contributed by atoms with Crippen molar-refractivity contribution in [3.05, 3.63) is 69.7 Å². The molecule has 0 aliphatic carbocycles. The van der Waals surface area contributed by atoms with E-state index in [1.54, 1.807) is 30.3 Å². The molecule has 1 fully saturated rings. The normalized spacial score (nSPS) is 27.6. The van der Waals surface area contributed by atoms with Gasteiger partial charge in [0.25, 0.3) is 0 Å². The van der Waals surface area contributed by atoms with E-state index in [1.807, 2.05) is 12.1 Å². The van der Waals surface area contributed by atoms with Gasteiger partial charge in [0.05, 0.1) is 0 Å². The Morgan fingerprint density at radius 3 is 2.36 bits per heavy atom. The van der Waals surface area contributed by atoms with Gasteiger partial charge in [0.15, 0.2) is 12.1 Å². The van der Waals surface area contributed by atoms with E-state index in [1.165, 1.54) is 14.0 Å². The highest BCUT2D eigenvalue weighted by atomic mass is 35.5. The summed E-state index contributed by atoms with van der Waals surface area (Å²) in [6, 6.07) is 12.5. The maximum absolute atomic E-state index is 11.4. The average molecular weight is 407 g/mol. The molecule has 1 heterocycles. The number of aliphatic hydroxyl groups is 3. The number of hydrogen-bond acceptors (Lipinski definition) is 6. The molecule has 28 heavy (non-hydrogen) atoms. The first-order valence-electron chi connectivity index (χ1n) is 8.92. The molecule has 0 unspecified atom stereocenters. The summed E-state index contributed by atoms with van der Waals surface area (Å²) in [6.07, 6.45) is -5.47. The van der Waals surface area contributed by atoms with E-state index in [4.69, 9.17) is 21.1 Å². The van der Waals surface area contributed by atoms with Gasteiger partial charge in [-0.15, -0.1) is 0 Å². The van der Waals surface area contributed by atoms with Crippen LogP contribution in [0.3, 0.4) is 0 Å². The monoisotopic (exact) mass is 406 g/mol. The number of ether oxygens (including phenoxy) is 2. The predicted molar refractivity (Wildman–Crippen MR) is 103 cm³/mol. The number of ketones is 1. The van der Waals surface area contributed by atoms with E-state index in [0.717, 1.165) is 11.1 Å². The summed E-state index contributed by atoms with van der Waals surface area (Å²) in [4.78, 5) is 11.4. The second-order valence-electron chi connectivity index (χ2n) is 6.91. The Morgan fingerprint density at radius 1 is 1.07 bits per heavy atom. The molecule has 7 heteroatoms. The topological polar surface area (TPSA) is 96.2 Å². The first-order valence-corrected chi connectivity index (χ1v) is 9.30. The molecule has 2 aromatic rings. The average Bonchev–Trinajstić information content (AvgIpc) is 2.69. The molecule has 1 aliphatic heterocycles. The van der Waals surface area contributed by atoms with Crippen molar-refractivity contribution in [3.63, 3.8) is 0 Å². The molecular formula is C21H23ClO6. The van der Waals surface area contributed by atoms with Crippen LogP contribution in [0, 0.1) is 0 Å². The van der Waals surface area contributed by atoms with E-state index < -0.39 is 30.7 Å². The molecule has 0 bridgehead atoms. The van der Waals surface area contributed by atoms with Gasteiger partial charge in [-0.3, -0.25) is 4.79 Å². The fraction of sp³-hybridized carbons (Fsp3) is 0.381. The van der Waals surface area contributed by atoms with Crippen LogP contribution in [-0.2, 0) is 15.9 Å². The van der Waals surface area contributed by atoms with Crippen LogP contribution in [-0.4, -0.2) is 52.8 Å². The fourth-order valence-corrected chi connectivity index (χ4v) is 3.49. The van der Waals surface area contributed by atoms with Crippen molar-refractivity contribution in [2.24, 2.45) is 0 Å². The van der Waals surface area contributed by atoms with Crippen molar-refractivity contribution >= 4 is 17.4 Å². The molecule has 6 nitrogen and oxygen atoms in total. The highest BCUT2D eigenvalue weighted by molar-refractivity contribution is 6.31. The summed E-state index contributed by atoms with van der Waals surface area (Å²) in [5.41, 5.74) is 3.03. The predicted octanol–water partition coefficient (Wildman–Crippen LogP) is 2.26. The number of Topliss-reactive ketones (excluding diaryl/α,β-unsaturated/α-hetero) is 1. The van der Waals surface area contributed by atoms with E-state index >= 15 is 0 Å². The van der Waals surface area contributed by atoms with Gasteiger partial charge in [-0.2, -0.15) is 0 Å². The van der Waals surface area contributed by atoms with Gasteiger partial charge in [-0.05, 0) is 36.1 Å². The van der Waals surface area contributed by atoms with Crippen molar-refractivity contribution < 1.29 is 29.6 Å². The van der Waals surface area contributed by atoms with Crippen LogP contribution in [0.4, 0.5) is 0 Å². The lowest BCUT2D eigenvalue weighted by molar-refractivity contribution is -0.292. The summed E-state index contributed by atoms with van der Waals surface area (Å²) >= 11 is 6.34. The smallest absolute Gasteiger partial charge is 0.186 e. The summed E-state index contributed by atoms with van der Waals surface area (Å²) in [7, 11) is 1.35. The van der Waals surface area contributed by atoms with Gasteiger partial charge in [-0.25, -0.2) is 0 Å². The number of aliphatic hydroxyl groups excluding tert-OH is 3. The number of benzene rings is 2. The van der Waals surface area contributed by atoms with E-state index in [2.05, 4.69) is 0 Å². The van der Waals surface area contributed by atoms with Crippen LogP contribution in [0.2, 0.25) is 5.02 Å². The van der Waals surface area contributed by atoms with Gasteiger partial charge in [0.2, 0.25) is 0 Å². The quantitative estimate of drug-likeness (QED) is 0.659. The highest BCUT2D eigenvalue weighted by Crippen LogP contribution is 2.34. The van der Waals surface area contributed by atoms with Crippen LogP contribution in [0.5, 0.6) is 0 Å². The Morgan fingerprint density at radius 2 is 1.75 bits per heavy atom. The third-order valence-electron chi connectivity index (χ3n) is 4.96. The first kappa shape index (κ1) is 20.9. The standard InChI is InChI=1S/C21H23ClO6/c1-11(23)13-5-3-12(4-6-13)9-15-10-14(7-8-16(15)22)20-18(25)17(24)19(26)21(27-2)28-20/h3-8,10,17-21,24-26H,9H2,1-2H3/t17-,18+,19+,20+,21+/m1/s1. The van der Waals surface area contributed by atoms with Crippen LogP contribution in [0.1, 0.15) is 40.1 Å². The molecule has 5 atom stereocenters. The van der Waals surface area contributed by atoms with E-state index in [0.29, 0.717) is 22.6 Å². The van der Waals surface area contributed by atoms with Crippen molar-refractivity contribution in [2.75, 3.05) is 7.11 Å². The van der Waals surface area contributed by atoms with Crippen LogP contribution in [0.15, 0.2) is 42.5 Å². The number of carbonyl (C=O) groups excluding carboxylic acids is 1. The minimum atomic E-state index is -1.40. The lowest BCUT2D eigenvalue weighted by Crippen LogP contribution is -2.54. The number of carbonyl (C=O) groups is 1. The van der Waals surface area contributed by atoms with Gasteiger partial charge >= 0.3 is 0 Å². The van der Waals surface area contributed by atoms with Gasteiger partial charge in [0, 0.05) is 17.7 Å². The zero-order valence-electron chi connectivity index (χ0n) is 15.6. The Labute approximate surface area is 168 Å². The second-order valence-corrected chi connectivity index (χ2v) is 7.32. The number of hydrogen-bond donors (Lipinski definition) is 3. The van der Waals surface area contributed by atoms with Gasteiger partial charge < -0.3 is 24.8 Å². The molecule has 1 aliphatic rings. The SMILES string of the molecule is CO[C@H]1O[C@@H](c2ccc(Cl)c(Cc3ccc(C(C)=O)cc3)c2)[C@@H](O)[C@@H](O)[C@@H]1O. The molecule has 2 aromatic carbocycles. The third-order valence-corrected chi connectivity index (χ3v) is 5.32. The molecule has 0 radical (unpaired) electrons. The minimum absolute atomic E-state index is 0.00320. The van der Waals surface area contributed by atoms with E-state index in [9.17, 15) is 20.1 Å². The zero-order chi connectivity index (χ0) is 20.4. The van der Waals surface area contributed by atoms with Gasteiger partial charge in [0.1, 0.15) is 24.4 Å². The van der Waals surface area contributed by atoms with Crippen molar-refractivity contribution in [1.29, 1.82) is 0 Å². The fourth-order valence-electron chi connectivity index (χ4n) is 3.30. The molecule has 3 rings (SSSR count). The largest absolute Gasteiger partial charge is 0.387 e. The second kappa shape index (κ2) is 8.69. The third kappa shape index (κ3) is 4.27. The van der Waals surface area contributed by atoms with Crippen LogP contribution < -0.4 is 0 Å². The molecule has 0 spiro atoms. The van der Waals surface area contributed by atoms with Gasteiger partial charge in [-0.1, -0.05) is 48.0 Å². The number of methoxy groups -OCH3 is 1. The Bertz CT molecular complexity index is 835. The molecule has 0 aromatic heterocycles. The molecule has 3 N–H and O–H groups in total. The molecule has 0 amide bonds. The van der Waals surface area contributed by atoms with Crippen molar-refractivity contribution in [3.8, 4) is 0 Å². The Balaban J connectivity index is 1.85. The molecule has 1 saturated heterocycles. The number of halogens is 1. The molecule has 0 saturated carbocycles. The minimum Gasteiger partial charge on any atom is -0.387 e. The number of rotatable bonds is 5. The van der Waals surface area contributed by atoms with Crippen molar-refractivity contribution in [1.82, 2.24) is 0 Å².